The highest BCUT2D eigenvalue weighted by Crippen LogP contribution is 2.26. The van der Waals surface area contributed by atoms with Crippen molar-refractivity contribution in [3.63, 3.8) is 0 Å². The lowest BCUT2D eigenvalue weighted by molar-refractivity contribution is -0.694. The van der Waals surface area contributed by atoms with Crippen molar-refractivity contribution in [2.24, 2.45) is 0 Å². The normalized spacial score (nSPS) is 12.6. The van der Waals surface area contributed by atoms with Gasteiger partial charge in [-0.05, 0) is 48.4 Å². The summed E-state index contributed by atoms with van der Waals surface area (Å²) >= 11 is 0. The number of benzene rings is 2. The fraction of sp³-hybridized carbons (Fsp3) is 0.250. The van der Waals surface area contributed by atoms with Gasteiger partial charge in [-0.3, -0.25) is 0 Å². The van der Waals surface area contributed by atoms with Gasteiger partial charge in [0.2, 0.25) is 0 Å². The summed E-state index contributed by atoms with van der Waals surface area (Å²) in [7, 11) is 1.68. The average molecular weight is 359 g/mol. The Bertz CT molecular complexity index is 857. The van der Waals surface area contributed by atoms with Crippen LogP contribution in [0, 0.1) is 5.82 Å². The third kappa shape index (κ3) is 3.40. The van der Waals surface area contributed by atoms with Gasteiger partial charge in [-0.25, -0.2) is 13.5 Å². The molecule has 0 radical (unpaired) electrons. The highest BCUT2D eigenvalue weighted by molar-refractivity contribution is 5.59. The Morgan fingerprint density at radius 3 is 2.48 bits per heavy atom. The third-order valence-corrected chi connectivity index (χ3v) is 4.65. The van der Waals surface area contributed by atoms with Crippen LogP contribution in [0.2, 0.25) is 0 Å². The molecule has 3 aromatic rings. The van der Waals surface area contributed by atoms with E-state index in [9.17, 15) is 4.39 Å². The second-order valence-electron chi connectivity index (χ2n) is 6.17. The minimum Gasteiger partial charge on any atom is -1.00 e. The van der Waals surface area contributed by atoms with Gasteiger partial charge in [-0.15, -0.1) is 0 Å². The van der Waals surface area contributed by atoms with Crippen molar-refractivity contribution in [1.82, 2.24) is 4.57 Å². The average Bonchev–Trinajstić information content (AvgIpc) is 3.21. The summed E-state index contributed by atoms with van der Waals surface area (Å²) in [5, 5.41) is 0. The van der Waals surface area contributed by atoms with E-state index < -0.39 is 0 Å². The van der Waals surface area contributed by atoms with Crippen LogP contribution in [0.25, 0.3) is 11.3 Å². The predicted molar refractivity (Wildman–Crippen MR) is 90.4 cm³/mol. The summed E-state index contributed by atoms with van der Waals surface area (Å²) in [4.78, 5) is 0. The summed E-state index contributed by atoms with van der Waals surface area (Å²) in [6, 6.07) is 14.9. The maximum atomic E-state index is 13.1. The summed E-state index contributed by atoms with van der Waals surface area (Å²) in [6.07, 6.45) is 4.46. The molecule has 4 rings (SSSR count). The number of halogens is 2. The van der Waals surface area contributed by atoms with Crippen LogP contribution in [0.15, 0.2) is 54.7 Å². The Hall–Kier alpha value is -2.33. The molecular weight excluding hydrogens is 339 g/mol. The highest BCUT2D eigenvalue weighted by Gasteiger charge is 2.28. The molecule has 0 amide bonds. The second kappa shape index (κ2) is 7.28. The van der Waals surface area contributed by atoms with E-state index in [1.165, 1.54) is 35.6 Å². The van der Waals surface area contributed by atoms with Gasteiger partial charge in [0, 0.05) is 5.56 Å². The molecule has 0 bridgehead atoms. The number of hydrogen-bond donors (Lipinski definition) is 0. The largest absolute Gasteiger partial charge is 1.00 e. The number of aromatic nitrogens is 2. The Balaban J connectivity index is 0.00000182. The highest BCUT2D eigenvalue weighted by atomic mass is 35.5. The third-order valence-electron chi connectivity index (χ3n) is 4.65. The van der Waals surface area contributed by atoms with E-state index in [1.807, 2.05) is 24.3 Å². The monoisotopic (exact) mass is 358 g/mol. The van der Waals surface area contributed by atoms with E-state index in [0.717, 1.165) is 30.8 Å². The zero-order valence-electron chi connectivity index (χ0n) is 14.1. The number of rotatable bonds is 4. The molecule has 1 aliphatic rings. The number of fused-ring (bicyclic) bond motifs is 1. The molecule has 3 nitrogen and oxygen atoms in total. The van der Waals surface area contributed by atoms with E-state index in [4.69, 9.17) is 4.74 Å². The SMILES string of the molecule is COc1ccc(-c2c[n+](Cc3ccc(F)cc3)c3n2CCC3)cc1.[Cl-]. The molecule has 130 valence electrons. The minimum absolute atomic E-state index is 0. The Kier molecular flexibility index (Phi) is 5.09. The van der Waals surface area contributed by atoms with Crippen LogP contribution in [0.3, 0.4) is 0 Å². The van der Waals surface area contributed by atoms with Crippen LogP contribution in [0.1, 0.15) is 17.8 Å². The molecule has 2 aromatic carbocycles. The van der Waals surface area contributed by atoms with Crippen LogP contribution in [0.5, 0.6) is 5.75 Å². The Morgan fingerprint density at radius 1 is 1.08 bits per heavy atom. The number of ether oxygens (including phenoxy) is 1. The van der Waals surface area contributed by atoms with Crippen molar-refractivity contribution in [2.45, 2.75) is 25.9 Å². The minimum atomic E-state index is -0.190. The van der Waals surface area contributed by atoms with Gasteiger partial charge < -0.3 is 17.1 Å². The lowest BCUT2D eigenvalue weighted by Gasteiger charge is -2.01. The van der Waals surface area contributed by atoms with Crippen LogP contribution >= 0.6 is 0 Å². The maximum absolute atomic E-state index is 13.1. The van der Waals surface area contributed by atoms with E-state index in [-0.39, 0.29) is 18.2 Å². The molecule has 0 aliphatic carbocycles. The first-order chi connectivity index (χ1) is 11.7. The first-order valence-electron chi connectivity index (χ1n) is 8.25. The fourth-order valence-electron chi connectivity index (χ4n) is 3.42. The van der Waals surface area contributed by atoms with E-state index in [2.05, 4.69) is 27.5 Å². The lowest BCUT2D eigenvalue weighted by Crippen LogP contribution is -3.00. The second-order valence-corrected chi connectivity index (χ2v) is 6.17. The molecule has 0 N–H and O–H groups in total. The van der Waals surface area contributed by atoms with Crippen molar-refractivity contribution in [3.05, 3.63) is 71.9 Å². The van der Waals surface area contributed by atoms with E-state index >= 15 is 0 Å². The van der Waals surface area contributed by atoms with Gasteiger partial charge in [-0.2, -0.15) is 0 Å². The van der Waals surface area contributed by atoms with Crippen molar-refractivity contribution in [3.8, 4) is 17.0 Å². The molecule has 0 spiro atoms. The smallest absolute Gasteiger partial charge is 0.257 e. The quantitative estimate of drug-likeness (QED) is 0.624. The molecule has 2 heterocycles. The number of nitrogens with zero attached hydrogens (tertiary/aromatic N) is 2. The van der Waals surface area contributed by atoms with Crippen molar-refractivity contribution in [2.75, 3.05) is 7.11 Å². The standard InChI is InChI=1S/C20H20FN2O.ClH/c1-24-18-10-6-16(7-11-18)19-14-22(20-3-2-12-23(19)20)13-15-4-8-17(21)9-5-15;/h4-11,14H,2-3,12-13H2,1H3;1H/q+1;/p-1. The van der Waals surface area contributed by atoms with Crippen molar-refractivity contribution < 1.29 is 26.1 Å². The first-order valence-corrected chi connectivity index (χ1v) is 8.25. The topological polar surface area (TPSA) is 18.0 Å². The van der Waals surface area contributed by atoms with Crippen LogP contribution in [-0.2, 0) is 19.5 Å². The molecular formula is C20H20ClFN2O. The lowest BCUT2D eigenvalue weighted by atomic mass is 10.1. The van der Waals surface area contributed by atoms with Crippen molar-refractivity contribution in [1.29, 1.82) is 0 Å². The van der Waals surface area contributed by atoms with Crippen LogP contribution < -0.4 is 21.7 Å². The number of hydrogen-bond acceptors (Lipinski definition) is 1. The van der Waals surface area contributed by atoms with Gasteiger partial charge in [-0.1, -0.05) is 12.1 Å². The molecule has 0 atom stereocenters. The predicted octanol–water partition coefficient (Wildman–Crippen LogP) is 0.589. The summed E-state index contributed by atoms with van der Waals surface area (Å²) in [5.74, 6) is 2.01. The molecule has 1 aliphatic heterocycles. The zero-order valence-corrected chi connectivity index (χ0v) is 14.8. The molecule has 0 saturated carbocycles. The summed E-state index contributed by atoms with van der Waals surface area (Å²) in [6.45, 7) is 1.82. The van der Waals surface area contributed by atoms with Gasteiger partial charge in [0.1, 0.15) is 24.3 Å². The van der Waals surface area contributed by atoms with Crippen molar-refractivity contribution >= 4 is 0 Å². The van der Waals surface area contributed by atoms with Crippen LogP contribution in [-0.4, -0.2) is 11.7 Å². The Morgan fingerprint density at radius 2 is 1.80 bits per heavy atom. The fourth-order valence-corrected chi connectivity index (χ4v) is 3.42. The van der Waals surface area contributed by atoms with Crippen LogP contribution in [0.4, 0.5) is 4.39 Å². The zero-order chi connectivity index (χ0) is 16.5. The van der Waals surface area contributed by atoms with Gasteiger partial charge in [0.25, 0.3) is 5.82 Å². The molecule has 25 heavy (non-hydrogen) atoms. The molecule has 0 unspecified atom stereocenters. The van der Waals surface area contributed by atoms with E-state index in [1.54, 1.807) is 7.11 Å². The molecule has 0 fully saturated rings. The number of imidazole rings is 1. The maximum Gasteiger partial charge on any atom is 0.257 e. The summed E-state index contributed by atoms with van der Waals surface area (Å²) < 4.78 is 23.0. The van der Waals surface area contributed by atoms with E-state index in [0.29, 0.717) is 0 Å². The Labute approximate surface area is 153 Å². The first kappa shape index (κ1) is 17.5. The summed E-state index contributed by atoms with van der Waals surface area (Å²) in [5.41, 5.74) is 3.53. The number of methoxy groups -OCH3 is 1. The molecule has 5 heteroatoms. The molecule has 0 saturated heterocycles. The van der Waals surface area contributed by atoms with Gasteiger partial charge in [0.05, 0.1) is 20.1 Å². The van der Waals surface area contributed by atoms with Gasteiger partial charge in [0.15, 0.2) is 5.69 Å². The van der Waals surface area contributed by atoms with Gasteiger partial charge >= 0.3 is 0 Å². The molecule has 1 aromatic heterocycles.